The van der Waals surface area contributed by atoms with Crippen molar-refractivity contribution in [2.24, 2.45) is 0 Å². The predicted molar refractivity (Wildman–Crippen MR) is 43.8 cm³/mol. The number of ketones is 1. The fourth-order valence-corrected chi connectivity index (χ4v) is 2.36. The van der Waals surface area contributed by atoms with Gasteiger partial charge in [-0.15, -0.1) is 0 Å². The lowest BCUT2D eigenvalue weighted by Crippen LogP contribution is -2.33. The Morgan fingerprint density at radius 2 is 2.00 bits per heavy atom. The van der Waals surface area contributed by atoms with Gasteiger partial charge in [0.15, 0.2) is 0 Å². The van der Waals surface area contributed by atoms with Gasteiger partial charge in [-0.05, 0) is 19.9 Å². The number of nitrogens with zero attached hydrogens (tertiary/aromatic N) is 1. The van der Waals surface area contributed by atoms with Crippen molar-refractivity contribution in [3.63, 3.8) is 0 Å². The molecule has 0 aromatic rings. The molecule has 0 radical (unpaired) electrons. The van der Waals surface area contributed by atoms with Crippen molar-refractivity contribution in [3.05, 3.63) is 0 Å². The number of hydrogen-bond acceptors (Lipinski definition) is 2. The number of fused-ring (bicyclic) bond motifs is 2. The normalized spacial score (nSPS) is 39.2. The lowest BCUT2D eigenvalue weighted by atomic mass is 9.97. The molecule has 2 rings (SSSR count). The molecular formula is C9H13F2NO. The molecule has 74 valence electrons. The van der Waals surface area contributed by atoms with E-state index in [2.05, 4.69) is 0 Å². The summed E-state index contributed by atoms with van der Waals surface area (Å²) in [6.07, 6.45) is 1.45. The molecule has 0 aromatic heterocycles. The van der Waals surface area contributed by atoms with Crippen LogP contribution >= 0.6 is 0 Å². The number of halogens is 2. The van der Waals surface area contributed by atoms with Crippen molar-refractivity contribution in [2.45, 2.75) is 43.7 Å². The first-order valence-electron chi connectivity index (χ1n) is 4.64. The van der Waals surface area contributed by atoms with Crippen LogP contribution in [0.25, 0.3) is 0 Å². The van der Waals surface area contributed by atoms with Crippen molar-refractivity contribution < 1.29 is 13.6 Å². The summed E-state index contributed by atoms with van der Waals surface area (Å²) in [6, 6.07) is -0.0303. The van der Waals surface area contributed by atoms with Gasteiger partial charge in [0.1, 0.15) is 0 Å². The van der Waals surface area contributed by atoms with E-state index < -0.39 is 11.7 Å². The number of hydrogen-bond donors (Lipinski definition) is 0. The molecular weight excluding hydrogens is 176 g/mol. The van der Waals surface area contributed by atoms with Crippen LogP contribution in [0.15, 0.2) is 0 Å². The summed E-state index contributed by atoms with van der Waals surface area (Å²) in [5.41, 5.74) is 0. The Morgan fingerprint density at radius 1 is 1.38 bits per heavy atom. The standard InChI is InChI=1S/C9H13F2NO/c1-12-6-2-3-7(12)5-9(10,11)8(13)4-6/h6-7H,2-5H2,1H3. The molecule has 2 nitrogen and oxygen atoms in total. The summed E-state index contributed by atoms with van der Waals surface area (Å²) in [4.78, 5) is 13.0. The molecule has 0 N–H and O–H groups in total. The van der Waals surface area contributed by atoms with Gasteiger partial charge >= 0.3 is 5.92 Å². The third kappa shape index (κ3) is 1.37. The van der Waals surface area contributed by atoms with Gasteiger partial charge < -0.3 is 0 Å². The summed E-state index contributed by atoms with van der Waals surface area (Å²) in [7, 11) is 1.84. The highest BCUT2D eigenvalue weighted by molar-refractivity contribution is 5.86. The van der Waals surface area contributed by atoms with Gasteiger partial charge in [0, 0.05) is 24.9 Å². The zero-order valence-corrected chi connectivity index (χ0v) is 7.59. The zero-order valence-electron chi connectivity index (χ0n) is 7.59. The quantitative estimate of drug-likeness (QED) is 0.574. The molecule has 0 aliphatic carbocycles. The van der Waals surface area contributed by atoms with Crippen LogP contribution < -0.4 is 0 Å². The molecule has 2 unspecified atom stereocenters. The Bertz CT molecular complexity index is 242. The minimum atomic E-state index is -3.08. The van der Waals surface area contributed by atoms with Gasteiger partial charge in [0.25, 0.3) is 0 Å². The third-order valence-electron chi connectivity index (χ3n) is 3.31. The smallest absolute Gasteiger partial charge is 0.300 e. The van der Waals surface area contributed by atoms with Gasteiger partial charge in [0.2, 0.25) is 5.78 Å². The number of alkyl halides is 2. The van der Waals surface area contributed by atoms with Crippen LogP contribution in [0.1, 0.15) is 25.7 Å². The van der Waals surface area contributed by atoms with Gasteiger partial charge in [-0.2, -0.15) is 8.78 Å². The lowest BCUT2D eigenvalue weighted by Gasteiger charge is -2.21. The van der Waals surface area contributed by atoms with Crippen LogP contribution in [0.4, 0.5) is 8.78 Å². The molecule has 0 saturated carbocycles. The highest BCUT2D eigenvalue weighted by atomic mass is 19.3. The van der Waals surface area contributed by atoms with Crippen LogP contribution in [-0.2, 0) is 4.79 Å². The van der Waals surface area contributed by atoms with Crippen LogP contribution in [0.3, 0.4) is 0 Å². The summed E-state index contributed by atoms with van der Waals surface area (Å²) in [5, 5.41) is 0. The Labute approximate surface area is 75.9 Å². The van der Waals surface area contributed by atoms with Crippen molar-refractivity contribution in [1.82, 2.24) is 4.90 Å². The van der Waals surface area contributed by atoms with E-state index in [4.69, 9.17) is 0 Å². The Morgan fingerprint density at radius 3 is 2.69 bits per heavy atom. The van der Waals surface area contributed by atoms with Crippen LogP contribution in [0.5, 0.6) is 0 Å². The van der Waals surface area contributed by atoms with E-state index in [0.717, 1.165) is 12.8 Å². The van der Waals surface area contributed by atoms with Crippen LogP contribution in [0, 0.1) is 0 Å². The van der Waals surface area contributed by atoms with Crippen molar-refractivity contribution in [3.8, 4) is 0 Å². The summed E-state index contributed by atoms with van der Waals surface area (Å²) >= 11 is 0. The van der Waals surface area contributed by atoms with Gasteiger partial charge in [-0.25, -0.2) is 0 Å². The maximum atomic E-state index is 13.1. The van der Waals surface area contributed by atoms with E-state index in [0.29, 0.717) is 0 Å². The molecule has 2 heterocycles. The van der Waals surface area contributed by atoms with Crippen LogP contribution in [0.2, 0.25) is 0 Å². The molecule has 0 aromatic carbocycles. The largest absolute Gasteiger partial charge is 0.306 e. The molecule has 2 atom stereocenters. The van der Waals surface area contributed by atoms with Gasteiger partial charge in [-0.1, -0.05) is 0 Å². The van der Waals surface area contributed by atoms with E-state index in [1.54, 1.807) is 0 Å². The summed E-state index contributed by atoms with van der Waals surface area (Å²) in [6.45, 7) is 0. The van der Waals surface area contributed by atoms with Crippen LogP contribution in [-0.4, -0.2) is 35.7 Å². The molecule has 2 bridgehead atoms. The lowest BCUT2D eigenvalue weighted by molar-refractivity contribution is -0.144. The average molecular weight is 189 g/mol. The molecule has 2 fully saturated rings. The molecule has 0 spiro atoms. The molecule has 13 heavy (non-hydrogen) atoms. The Hall–Kier alpha value is -0.510. The fourth-order valence-electron chi connectivity index (χ4n) is 2.36. The third-order valence-corrected chi connectivity index (χ3v) is 3.31. The number of Topliss-reactive ketones (excluding diaryl/α,β-unsaturated/α-hetero) is 1. The molecule has 2 aliphatic rings. The van der Waals surface area contributed by atoms with Gasteiger partial charge in [-0.3, -0.25) is 9.69 Å². The minimum absolute atomic E-state index is 0.0278. The highest BCUT2D eigenvalue weighted by Gasteiger charge is 2.49. The SMILES string of the molecule is CN1C2CCC1CC(F)(F)C(=O)C2. The average Bonchev–Trinajstić information content (AvgIpc) is 2.31. The first kappa shape index (κ1) is 9.06. The van der Waals surface area contributed by atoms with E-state index >= 15 is 0 Å². The van der Waals surface area contributed by atoms with Crippen molar-refractivity contribution in [1.29, 1.82) is 0 Å². The number of carbonyl (C=O) groups excluding carboxylic acids is 1. The molecule has 2 saturated heterocycles. The van der Waals surface area contributed by atoms with Crippen molar-refractivity contribution >= 4 is 5.78 Å². The van der Waals surface area contributed by atoms with Crippen molar-refractivity contribution in [2.75, 3.05) is 7.05 Å². The fraction of sp³-hybridized carbons (Fsp3) is 0.889. The maximum Gasteiger partial charge on any atom is 0.306 e. The molecule has 4 heteroatoms. The monoisotopic (exact) mass is 189 g/mol. The van der Waals surface area contributed by atoms with E-state index in [-0.39, 0.29) is 24.9 Å². The second kappa shape index (κ2) is 2.74. The van der Waals surface area contributed by atoms with E-state index in [9.17, 15) is 13.6 Å². The summed E-state index contributed by atoms with van der Waals surface area (Å²) in [5.74, 6) is -3.94. The zero-order chi connectivity index (χ0) is 9.64. The first-order chi connectivity index (χ1) is 6.00. The number of rotatable bonds is 0. The summed E-state index contributed by atoms with van der Waals surface area (Å²) < 4.78 is 26.2. The minimum Gasteiger partial charge on any atom is -0.300 e. The molecule has 2 aliphatic heterocycles. The van der Waals surface area contributed by atoms with E-state index in [1.807, 2.05) is 11.9 Å². The number of carbonyl (C=O) groups is 1. The highest BCUT2D eigenvalue weighted by Crippen LogP contribution is 2.38. The van der Waals surface area contributed by atoms with Gasteiger partial charge in [0.05, 0.1) is 0 Å². The predicted octanol–water partition coefficient (Wildman–Crippen LogP) is 1.45. The maximum absolute atomic E-state index is 13.1. The second-order valence-corrected chi connectivity index (χ2v) is 4.09. The molecule has 0 amide bonds. The second-order valence-electron chi connectivity index (χ2n) is 4.09. The van der Waals surface area contributed by atoms with E-state index in [1.165, 1.54) is 0 Å². The Balaban J connectivity index is 2.24. The topological polar surface area (TPSA) is 20.3 Å². The Kier molecular flexibility index (Phi) is 1.91. The first-order valence-corrected chi connectivity index (χ1v) is 4.64.